The number of rotatable bonds is 5. The van der Waals surface area contributed by atoms with E-state index in [9.17, 15) is 14.3 Å². The van der Waals surface area contributed by atoms with Crippen LogP contribution in [0.1, 0.15) is 44.3 Å². The molecule has 20 heavy (non-hydrogen) atoms. The number of nitrogens with zero attached hydrogens (tertiary/aromatic N) is 1. The summed E-state index contributed by atoms with van der Waals surface area (Å²) in [6.45, 7) is 2.94. The molecular weight excluding hydrogens is 259 g/mol. The van der Waals surface area contributed by atoms with Crippen molar-refractivity contribution in [2.45, 2.75) is 44.8 Å². The van der Waals surface area contributed by atoms with Gasteiger partial charge in [-0.15, -0.1) is 0 Å². The van der Waals surface area contributed by atoms with Crippen LogP contribution >= 0.6 is 0 Å². The molecule has 0 spiro atoms. The summed E-state index contributed by atoms with van der Waals surface area (Å²) in [6.07, 6.45) is 3.01. The molecule has 0 radical (unpaired) electrons. The van der Waals surface area contributed by atoms with Crippen molar-refractivity contribution in [3.8, 4) is 0 Å². The summed E-state index contributed by atoms with van der Waals surface area (Å²) in [5, 5.41) is 12.3. The number of unbranched alkanes of at least 4 members (excludes halogenated alkanes) is 1. The van der Waals surface area contributed by atoms with Crippen molar-refractivity contribution in [3.05, 3.63) is 23.5 Å². The van der Waals surface area contributed by atoms with Crippen LogP contribution in [-0.4, -0.2) is 23.6 Å². The van der Waals surface area contributed by atoms with Crippen LogP contribution in [0, 0.1) is 5.82 Å². The molecule has 1 unspecified atom stereocenters. The Bertz CT molecular complexity index is 543. The van der Waals surface area contributed by atoms with Crippen molar-refractivity contribution in [2.75, 3.05) is 16.8 Å². The van der Waals surface area contributed by atoms with Gasteiger partial charge in [0.25, 0.3) is 5.91 Å². The number of nitrogens with one attached hydrogen (secondary N) is 1. The Morgan fingerprint density at radius 2 is 2.20 bits per heavy atom. The van der Waals surface area contributed by atoms with Gasteiger partial charge >= 0.3 is 0 Å². The molecule has 0 saturated heterocycles. The first-order valence-electron chi connectivity index (χ1n) is 7.20. The average molecular weight is 278 g/mol. The van der Waals surface area contributed by atoms with Crippen molar-refractivity contribution >= 4 is 17.3 Å². The van der Waals surface area contributed by atoms with Crippen molar-refractivity contribution in [1.29, 1.82) is 0 Å². The van der Waals surface area contributed by atoms with Crippen LogP contribution < -0.4 is 10.2 Å². The lowest BCUT2D eigenvalue weighted by atomic mass is 10.1. The topological polar surface area (TPSA) is 52.6 Å². The molecule has 1 amide bonds. The van der Waals surface area contributed by atoms with Crippen molar-refractivity contribution in [1.82, 2.24) is 0 Å². The number of halogens is 1. The molecule has 1 heterocycles. The Morgan fingerprint density at radius 3 is 2.85 bits per heavy atom. The number of amides is 1. The van der Waals surface area contributed by atoms with Gasteiger partial charge in [-0.1, -0.05) is 13.3 Å². The van der Waals surface area contributed by atoms with E-state index in [0.717, 1.165) is 32.2 Å². The molecule has 3 rings (SSSR count). The van der Waals surface area contributed by atoms with E-state index in [1.165, 1.54) is 6.07 Å². The number of aliphatic hydroxyl groups excluding tert-OH is 1. The van der Waals surface area contributed by atoms with Gasteiger partial charge in [-0.3, -0.25) is 4.79 Å². The lowest BCUT2D eigenvalue weighted by Gasteiger charge is -2.25. The number of anilines is 2. The number of carbonyl (C=O) groups excluding carboxylic acids is 1. The highest BCUT2D eigenvalue weighted by Crippen LogP contribution is 2.39. The minimum Gasteiger partial charge on any atom is -0.378 e. The van der Waals surface area contributed by atoms with E-state index in [-0.39, 0.29) is 5.82 Å². The molecule has 108 valence electrons. The van der Waals surface area contributed by atoms with E-state index in [0.29, 0.717) is 23.0 Å². The summed E-state index contributed by atoms with van der Waals surface area (Å²) < 4.78 is 14.3. The van der Waals surface area contributed by atoms with E-state index in [1.54, 1.807) is 6.07 Å². The molecule has 1 fully saturated rings. The molecule has 1 aromatic carbocycles. The predicted octanol–water partition coefficient (Wildman–Crippen LogP) is 2.58. The Labute approximate surface area is 117 Å². The molecule has 1 aliphatic carbocycles. The van der Waals surface area contributed by atoms with Gasteiger partial charge in [0.15, 0.2) is 6.10 Å². The first-order chi connectivity index (χ1) is 9.61. The number of carbonyl (C=O) groups is 1. The summed E-state index contributed by atoms with van der Waals surface area (Å²) in [7, 11) is 0. The molecule has 1 aromatic rings. The van der Waals surface area contributed by atoms with Crippen LogP contribution in [0.15, 0.2) is 12.1 Å². The standard InChI is InChI=1S/C15H19FN2O2/c1-2-3-6-18(9-4-5-9)13-8-12-10(7-11(13)16)14(19)15(20)17-12/h7-9,14,19H,2-6H2,1H3,(H,17,20). The zero-order chi connectivity index (χ0) is 14.3. The Balaban J connectivity index is 1.93. The fourth-order valence-electron chi connectivity index (χ4n) is 2.69. The largest absolute Gasteiger partial charge is 0.378 e. The molecule has 1 saturated carbocycles. The Hall–Kier alpha value is -1.62. The predicted molar refractivity (Wildman–Crippen MR) is 75.3 cm³/mol. The van der Waals surface area contributed by atoms with Gasteiger partial charge in [0.2, 0.25) is 0 Å². The second-order valence-corrected chi connectivity index (χ2v) is 5.56. The summed E-state index contributed by atoms with van der Waals surface area (Å²) in [5.41, 5.74) is 1.40. The minimum atomic E-state index is -1.25. The molecule has 0 bridgehead atoms. The molecule has 0 aromatic heterocycles. The minimum absolute atomic E-state index is 0.336. The number of hydrogen-bond acceptors (Lipinski definition) is 3. The van der Waals surface area contributed by atoms with Crippen molar-refractivity contribution in [3.63, 3.8) is 0 Å². The van der Waals surface area contributed by atoms with Crippen LogP contribution in [-0.2, 0) is 4.79 Å². The van der Waals surface area contributed by atoms with Crippen LogP contribution in [0.4, 0.5) is 15.8 Å². The van der Waals surface area contributed by atoms with Crippen molar-refractivity contribution in [2.24, 2.45) is 0 Å². The monoisotopic (exact) mass is 278 g/mol. The van der Waals surface area contributed by atoms with Gasteiger partial charge in [-0.05, 0) is 31.4 Å². The maximum Gasteiger partial charge on any atom is 0.257 e. The van der Waals surface area contributed by atoms with E-state index < -0.39 is 12.0 Å². The fraction of sp³-hybridized carbons (Fsp3) is 0.533. The van der Waals surface area contributed by atoms with Gasteiger partial charge < -0.3 is 15.3 Å². The number of aliphatic hydroxyl groups is 1. The van der Waals surface area contributed by atoms with Gasteiger partial charge in [0.1, 0.15) is 5.82 Å². The number of benzene rings is 1. The molecule has 1 aliphatic heterocycles. The number of hydrogen-bond donors (Lipinski definition) is 2. The van der Waals surface area contributed by atoms with Crippen LogP contribution in [0.2, 0.25) is 0 Å². The summed E-state index contributed by atoms with van der Waals surface area (Å²) in [4.78, 5) is 13.5. The fourth-order valence-corrected chi connectivity index (χ4v) is 2.69. The first kappa shape index (κ1) is 13.4. The normalized spacial score (nSPS) is 20.8. The van der Waals surface area contributed by atoms with Crippen LogP contribution in [0.25, 0.3) is 0 Å². The lowest BCUT2D eigenvalue weighted by Crippen LogP contribution is -2.27. The van der Waals surface area contributed by atoms with Crippen LogP contribution in [0.3, 0.4) is 0 Å². The molecule has 1 atom stereocenters. The maximum absolute atomic E-state index is 14.3. The third kappa shape index (κ3) is 2.26. The third-order valence-corrected chi connectivity index (χ3v) is 3.97. The third-order valence-electron chi connectivity index (χ3n) is 3.97. The molecule has 5 heteroatoms. The van der Waals surface area contributed by atoms with Gasteiger partial charge in [0.05, 0.1) is 5.69 Å². The van der Waals surface area contributed by atoms with E-state index >= 15 is 0 Å². The second kappa shape index (κ2) is 5.05. The van der Waals surface area contributed by atoms with Gasteiger partial charge in [0, 0.05) is 23.8 Å². The van der Waals surface area contributed by atoms with E-state index in [1.807, 2.05) is 0 Å². The van der Waals surface area contributed by atoms with E-state index in [4.69, 9.17) is 0 Å². The van der Waals surface area contributed by atoms with Crippen molar-refractivity contribution < 1.29 is 14.3 Å². The summed E-state index contributed by atoms with van der Waals surface area (Å²) in [5.74, 6) is -0.842. The second-order valence-electron chi connectivity index (χ2n) is 5.56. The quantitative estimate of drug-likeness (QED) is 0.870. The summed E-state index contributed by atoms with van der Waals surface area (Å²) >= 11 is 0. The lowest BCUT2D eigenvalue weighted by molar-refractivity contribution is -0.123. The number of fused-ring (bicyclic) bond motifs is 1. The summed E-state index contributed by atoms with van der Waals surface area (Å²) in [6, 6.07) is 3.36. The molecule has 2 aliphatic rings. The first-order valence-corrected chi connectivity index (χ1v) is 7.20. The van der Waals surface area contributed by atoms with Crippen LogP contribution in [0.5, 0.6) is 0 Å². The maximum atomic E-state index is 14.3. The molecule has 4 nitrogen and oxygen atoms in total. The smallest absolute Gasteiger partial charge is 0.257 e. The highest BCUT2D eigenvalue weighted by Gasteiger charge is 2.34. The highest BCUT2D eigenvalue weighted by atomic mass is 19.1. The Kier molecular flexibility index (Phi) is 3.38. The molecule has 2 N–H and O–H groups in total. The SMILES string of the molecule is CCCCN(c1cc2c(cc1F)C(O)C(=O)N2)C1CC1. The van der Waals surface area contributed by atoms with E-state index in [2.05, 4.69) is 17.1 Å². The Morgan fingerprint density at radius 1 is 1.45 bits per heavy atom. The van der Waals surface area contributed by atoms with Gasteiger partial charge in [-0.2, -0.15) is 0 Å². The highest BCUT2D eigenvalue weighted by molar-refractivity contribution is 6.02. The molecular formula is C15H19FN2O2. The zero-order valence-corrected chi connectivity index (χ0v) is 11.5. The average Bonchev–Trinajstić information content (AvgIpc) is 3.21. The zero-order valence-electron chi connectivity index (χ0n) is 11.5. The van der Waals surface area contributed by atoms with Gasteiger partial charge in [-0.25, -0.2) is 4.39 Å².